The number of unbranched alkanes of at least 4 members (excludes halogenated alkanes) is 4. The van der Waals surface area contributed by atoms with Crippen LogP contribution < -0.4 is 14.2 Å². The maximum absolute atomic E-state index is 13.9. The summed E-state index contributed by atoms with van der Waals surface area (Å²) in [6.07, 6.45) is 5.82. The van der Waals surface area contributed by atoms with Gasteiger partial charge in [0.05, 0.1) is 22.6 Å². The lowest BCUT2D eigenvalue weighted by Crippen LogP contribution is -2.11. The quantitative estimate of drug-likeness (QED) is 0.0843. The number of esters is 2. The van der Waals surface area contributed by atoms with Crippen LogP contribution in [0.3, 0.4) is 0 Å². The molecule has 8 heteroatoms. The zero-order valence-electron chi connectivity index (χ0n) is 19.9. The molecule has 0 aliphatic heterocycles. The van der Waals surface area contributed by atoms with Crippen molar-refractivity contribution < 1.29 is 28.2 Å². The third-order valence-electron chi connectivity index (χ3n) is 5.18. The molecule has 186 valence electrons. The van der Waals surface area contributed by atoms with Crippen LogP contribution in [-0.2, 0) is 0 Å². The standard InChI is InChI=1S/C28H26FNO5S/c1-2-3-4-5-6-17-33-22-11-13-23(14-12-22)34-27(31)20-7-9-21(10-8-20)28(32)35-24-15-16-26(36-19-30)25(29)18-24/h7-16,18H,2-6,17H2,1H3. The largest absolute Gasteiger partial charge is 0.494 e. The van der Waals surface area contributed by atoms with Gasteiger partial charge >= 0.3 is 11.9 Å². The Morgan fingerprint density at radius 3 is 1.94 bits per heavy atom. The summed E-state index contributed by atoms with van der Waals surface area (Å²) in [7, 11) is 0. The van der Waals surface area contributed by atoms with Crippen molar-refractivity contribution in [1.82, 2.24) is 0 Å². The predicted molar refractivity (Wildman–Crippen MR) is 135 cm³/mol. The molecule has 0 spiro atoms. The van der Waals surface area contributed by atoms with Gasteiger partial charge < -0.3 is 14.2 Å². The summed E-state index contributed by atoms with van der Waals surface area (Å²) >= 11 is 0.677. The molecule has 0 saturated carbocycles. The van der Waals surface area contributed by atoms with E-state index < -0.39 is 17.8 Å². The lowest BCUT2D eigenvalue weighted by atomic mass is 10.1. The highest BCUT2D eigenvalue weighted by atomic mass is 32.2. The van der Waals surface area contributed by atoms with Gasteiger partial charge in [0.25, 0.3) is 0 Å². The molecule has 0 aromatic heterocycles. The number of ether oxygens (including phenoxy) is 3. The van der Waals surface area contributed by atoms with E-state index in [2.05, 4.69) is 6.92 Å². The van der Waals surface area contributed by atoms with Gasteiger partial charge in [0.1, 0.15) is 28.5 Å². The fourth-order valence-electron chi connectivity index (χ4n) is 3.25. The number of nitriles is 1. The summed E-state index contributed by atoms with van der Waals surface area (Å²) in [5, 5.41) is 10.4. The number of hydrogen-bond acceptors (Lipinski definition) is 7. The summed E-state index contributed by atoms with van der Waals surface area (Å²) in [6, 6.07) is 16.4. The highest BCUT2D eigenvalue weighted by Crippen LogP contribution is 2.25. The first-order valence-electron chi connectivity index (χ1n) is 11.6. The fourth-order valence-corrected chi connectivity index (χ4v) is 3.64. The number of thiocyanates is 1. The second kappa shape index (κ2) is 13.9. The molecular formula is C28H26FNO5S. The molecule has 0 bridgehead atoms. The number of halogens is 1. The molecule has 0 atom stereocenters. The fraction of sp³-hybridized carbons (Fsp3) is 0.250. The van der Waals surface area contributed by atoms with Gasteiger partial charge in [-0.2, -0.15) is 5.26 Å². The van der Waals surface area contributed by atoms with E-state index in [0.717, 1.165) is 18.9 Å². The number of hydrogen-bond donors (Lipinski definition) is 0. The average molecular weight is 508 g/mol. The van der Waals surface area contributed by atoms with Gasteiger partial charge in [-0.15, -0.1) is 0 Å². The third kappa shape index (κ3) is 8.14. The molecule has 0 amide bonds. The number of nitrogens with zero attached hydrogens (tertiary/aromatic N) is 1. The highest BCUT2D eigenvalue weighted by Gasteiger charge is 2.14. The minimum Gasteiger partial charge on any atom is -0.494 e. The minimum absolute atomic E-state index is 0.00666. The lowest BCUT2D eigenvalue weighted by molar-refractivity contribution is 0.0720. The SMILES string of the molecule is CCCCCCCOc1ccc(OC(=O)c2ccc(C(=O)Oc3ccc(SC#N)c(F)c3)cc2)cc1. The topological polar surface area (TPSA) is 85.6 Å². The zero-order valence-corrected chi connectivity index (χ0v) is 20.7. The second-order valence-corrected chi connectivity index (χ2v) is 8.70. The van der Waals surface area contributed by atoms with Gasteiger partial charge in [0, 0.05) is 6.07 Å². The molecule has 3 rings (SSSR count). The Bertz CT molecular complexity index is 1210. The van der Waals surface area contributed by atoms with Crippen molar-refractivity contribution in [2.75, 3.05) is 6.61 Å². The van der Waals surface area contributed by atoms with Crippen LogP contribution in [-0.4, -0.2) is 18.5 Å². The molecule has 0 fully saturated rings. The first-order chi connectivity index (χ1) is 17.5. The number of carbonyl (C=O) groups is 2. The molecule has 0 saturated heterocycles. The summed E-state index contributed by atoms with van der Waals surface area (Å²) in [4.78, 5) is 24.9. The van der Waals surface area contributed by atoms with Crippen molar-refractivity contribution in [3.05, 3.63) is 83.7 Å². The molecule has 0 aliphatic rings. The summed E-state index contributed by atoms with van der Waals surface area (Å²) in [5.74, 6) is -0.854. The summed E-state index contributed by atoms with van der Waals surface area (Å²) in [5.41, 5.74) is 0.432. The predicted octanol–water partition coefficient (Wildman–Crippen LogP) is 7.19. The van der Waals surface area contributed by atoms with Gasteiger partial charge in [0.2, 0.25) is 0 Å². The third-order valence-corrected chi connectivity index (χ3v) is 5.82. The molecule has 0 aliphatic carbocycles. The molecule has 3 aromatic carbocycles. The molecule has 0 radical (unpaired) electrons. The Balaban J connectivity index is 1.50. The minimum atomic E-state index is -0.712. The average Bonchev–Trinajstić information content (AvgIpc) is 2.89. The molecule has 0 unspecified atom stereocenters. The van der Waals surface area contributed by atoms with Crippen molar-refractivity contribution in [2.24, 2.45) is 0 Å². The van der Waals surface area contributed by atoms with E-state index in [1.165, 1.54) is 55.7 Å². The Hall–Kier alpha value is -3.83. The van der Waals surface area contributed by atoms with Crippen LogP contribution in [0, 0.1) is 16.5 Å². The second-order valence-electron chi connectivity index (χ2n) is 7.88. The van der Waals surface area contributed by atoms with Crippen LogP contribution in [0.4, 0.5) is 4.39 Å². The van der Waals surface area contributed by atoms with E-state index in [4.69, 9.17) is 19.5 Å². The monoisotopic (exact) mass is 507 g/mol. The first kappa shape index (κ1) is 26.8. The first-order valence-corrected chi connectivity index (χ1v) is 12.4. The summed E-state index contributed by atoms with van der Waals surface area (Å²) in [6.45, 7) is 2.83. The van der Waals surface area contributed by atoms with Gasteiger partial charge in [-0.3, -0.25) is 0 Å². The van der Waals surface area contributed by atoms with Gasteiger partial charge in [-0.1, -0.05) is 32.6 Å². The van der Waals surface area contributed by atoms with Crippen LogP contribution in [0.5, 0.6) is 17.2 Å². The lowest BCUT2D eigenvalue weighted by Gasteiger charge is -2.08. The number of carbonyl (C=O) groups excluding carboxylic acids is 2. The smallest absolute Gasteiger partial charge is 0.343 e. The van der Waals surface area contributed by atoms with Crippen molar-refractivity contribution in [1.29, 1.82) is 5.26 Å². The normalized spacial score (nSPS) is 10.4. The van der Waals surface area contributed by atoms with E-state index in [0.29, 0.717) is 29.9 Å². The van der Waals surface area contributed by atoms with Crippen molar-refractivity contribution in [2.45, 2.75) is 43.9 Å². The number of thioether (sulfide) groups is 1. The van der Waals surface area contributed by atoms with Crippen molar-refractivity contribution in [3.8, 4) is 22.6 Å². The number of rotatable bonds is 12. The Morgan fingerprint density at radius 2 is 1.36 bits per heavy atom. The molecule has 0 N–H and O–H groups in total. The Morgan fingerprint density at radius 1 is 0.806 bits per heavy atom. The molecule has 3 aromatic rings. The maximum atomic E-state index is 13.9. The van der Waals surface area contributed by atoms with Crippen molar-refractivity contribution >= 4 is 23.7 Å². The van der Waals surface area contributed by atoms with Crippen LogP contribution in [0.15, 0.2) is 71.6 Å². The van der Waals surface area contributed by atoms with Gasteiger partial charge in [-0.25, -0.2) is 14.0 Å². The van der Waals surface area contributed by atoms with Crippen LogP contribution in [0.2, 0.25) is 0 Å². The van der Waals surface area contributed by atoms with Crippen LogP contribution >= 0.6 is 11.8 Å². The maximum Gasteiger partial charge on any atom is 0.343 e. The van der Waals surface area contributed by atoms with E-state index in [1.54, 1.807) is 29.7 Å². The van der Waals surface area contributed by atoms with E-state index in [-0.39, 0.29) is 21.8 Å². The van der Waals surface area contributed by atoms with E-state index >= 15 is 0 Å². The van der Waals surface area contributed by atoms with Crippen molar-refractivity contribution in [3.63, 3.8) is 0 Å². The number of benzene rings is 3. The highest BCUT2D eigenvalue weighted by molar-refractivity contribution is 8.03. The molecular weight excluding hydrogens is 481 g/mol. The zero-order chi connectivity index (χ0) is 25.8. The Labute approximate surface area is 214 Å². The van der Waals surface area contributed by atoms with Crippen LogP contribution in [0.1, 0.15) is 59.7 Å². The summed E-state index contributed by atoms with van der Waals surface area (Å²) < 4.78 is 30.2. The Kier molecular flexibility index (Phi) is 10.3. The molecule has 6 nitrogen and oxygen atoms in total. The van der Waals surface area contributed by atoms with Crippen LogP contribution in [0.25, 0.3) is 0 Å². The van der Waals surface area contributed by atoms with Gasteiger partial charge in [0.15, 0.2) is 0 Å². The van der Waals surface area contributed by atoms with E-state index in [9.17, 15) is 14.0 Å². The van der Waals surface area contributed by atoms with Gasteiger partial charge in [-0.05, 0) is 78.8 Å². The molecule has 36 heavy (non-hydrogen) atoms. The molecule has 0 heterocycles. The van der Waals surface area contributed by atoms with E-state index in [1.807, 2.05) is 0 Å².